The number of carbonyl (C=O) groups excluding carboxylic acids is 2. The van der Waals surface area contributed by atoms with Crippen molar-refractivity contribution in [3.8, 4) is 5.75 Å². The second kappa shape index (κ2) is 9.49. The number of Topliss-reactive ketones (excluding diaryl/α,β-unsaturated/α-hetero) is 1. The molecule has 0 bridgehead atoms. The molecule has 5 rings (SSSR count). The molecule has 1 saturated heterocycles. The molecule has 0 aliphatic carbocycles. The van der Waals surface area contributed by atoms with Crippen LogP contribution < -0.4 is 4.74 Å². The molecule has 1 amide bonds. The first-order valence-corrected chi connectivity index (χ1v) is 12.3. The molecule has 1 aromatic carbocycles. The predicted octanol–water partition coefficient (Wildman–Crippen LogP) is 3.54. The third kappa shape index (κ3) is 4.72. The number of amides is 1. The number of aryl methyl sites for hydroxylation is 1. The minimum absolute atomic E-state index is 0.0228. The van der Waals surface area contributed by atoms with Crippen molar-refractivity contribution in [2.45, 2.75) is 25.5 Å². The van der Waals surface area contributed by atoms with E-state index in [1.165, 1.54) is 0 Å². The van der Waals surface area contributed by atoms with Gasteiger partial charge in [0.25, 0.3) is 0 Å². The maximum Gasteiger partial charge on any atom is 0.236 e. The topological polar surface area (TPSA) is 67.7 Å². The van der Waals surface area contributed by atoms with E-state index in [0.717, 1.165) is 29.7 Å². The van der Waals surface area contributed by atoms with Gasteiger partial charge in [0.2, 0.25) is 11.7 Å². The lowest BCUT2D eigenvalue weighted by molar-refractivity contribution is -0.134. The maximum absolute atomic E-state index is 13.3. The summed E-state index contributed by atoms with van der Waals surface area (Å²) >= 11 is 1.65. The molecule has 0 spiro atoms. The Hall–Kier alpha value is -2.97. The first kappa shape index (κ1) is 21.9. The highest BCUT2D eigenvalue weighted by atomic mass is 32.1. The quantitative estimate of drug-likeness (QED) is 0.541. The molecule has 0 saturated carbocycles. The molecule has 172 valence electrons. The van der Waals surface area contributed by atoms with Crippen LogP contribution in [0.1, 0.15) is 40.7 Å². The second-order valence-electron chi connectivity index (χ2n) is 8.85. The molecule has 0 N–H and O–H groups in total. The van der Waals surface area contributed by atoms with Crippen LogP contribution in [0.3, 0.4) is 0 Å². The van der Waals surface area contributed by atoms with E-state index >= 15 is 0 Å². The van der Waals surface area contributed by atoms with Gasteiger partial charge < -0.3 is 14.2 Å². The lowest BCUT2D eigenvalue weighted by Gasteiger charge is -2.33. The van der Waals surface area contributed by atoms with Gasteiger partial charge in [0.1, 0.15) is 11.9 Å². The highest BCUT2D eigenvalue weighted by molar-refractivity contribution is 7.07. The number of imidazole rings is 1. The van der Waals surface area contributed by atoms with E-state index in [9.17, 15) is 9.59 Å². The van der Waals surface area contributed by atoms with Crippen molar-refractivity contribution in [2.75, 3.05) is 26.2 Å². The summed E-state index contributed by atoms with van der Waals surface area (Å²) in [6, 6.07) is 10.1. The maximum atomic E-state index is 13.3. The number of aromatic nitrogens is 2. The lowest BCUT2D eigenvalue weighted by atomic mass is 9.93. The third-order valence-corrected chi connectivity index (χ3v) is 7.22. The van der Waals surface area contributed by atoms with Gasteiger partial charge in [-0.2, -0.15) is 11.3 Å². The number of fused-ring (bicyclic) bond motifs is 1. The molecule has 7 nitrogen and oxygen atoms in total. The standard InChI is InChI=1S/C25H28N4O3S/c1-27-11-9-26-25(27)24(31)19-6-4-10-29(14-19)23(30)16-28-13-18-5-2-3-7-21(18)32-22(15-28)20-8-12-33-17-20/h2-3,5,7-9,11-12,17,19,22H,4,6,10,13-16H2,1H3. The van der Waals surface area contributed by atoms with Crippen LogP contribution in [0.25, 0.3) is 0 Å². The summed E-state index contributed by atoms with van der Waals surface area (Å²) in [5, 5.41) is 4.16. The molecule has 2 aliphatic rings. The Morgan fingerprint density at radius 2 is 2.09 bits per heavy atom. The van der Waals surface area contributed by atoms with Gasteiger partial charge >= 0.3 is 0 Å². The normalized spacial score (nSPS) is 21.2. The molecular formula is C25H28N4O3S. The summed E-state index contributed by atoms with van der Waals surface area (Å²) in [5.41, 5.74) is 2.22. The van der Waals surface area contributed by atoms with Crippen molar-refractivity contribution >= 4 is 23.0 Å². The molecular weight excluding hydrogens is 436 g/mol. The van der Waals surface area contributed by atoms with Crippen LogP contribution >= 0.6 is 11.3 Å². The minimum Gasteiger partial charge on any atom is -0.484 e. The SMILES string of the molecule is Cn1ccnc1C(=O)C1CCCN(C(=O)CN2Cc3ccccc3OC(c3ccsc3)C2)C1. The van der Waals surface area contributed by atoms with Gasteiger partial charge in [-0.05, 0) is 35.7 Å². The number of carbonyl (C=O) groups is 2. The Morgan fingerprint density at radius 3 is 2.88 bits per heavy atom. The Bertz CT molecular complexity index is 1130. The van der Waals surface area contributed by atoms with Crippen molar-refractivity contribution in [3.05, 3.63) is 70.4 Å². The summed E-state index contributed by atoms with van der Waals surface area (Å²) in [6.07, 6.45) is 4.92. The summed E-state index contributed by atoms with van der Waals surface area (Å²) in [6.45, 7) is 2.76. The van der Waals surface area contributed by atoms with Gasteiger partial charge in [0.05, 0.1) is 6.54 Å². The van der Waals surface area contributed by atoms with Gasteiger partial charge in [-0.3, -0.25) is 14.5 Å². The first-order chi connectivity index (χ1) is 16.1. The fourth-order valence-electron chi connectivity index (χ4n) is 4.73. The average molecular weight is 465 g/mol. The molecule has 3 aromatic rings. The van der Waals surface area contributed by atoms with Crippen LogP contribution in [-0.2, 0) is 18.4 Å². The Labute approximate surface area is 197 Å². The van der Waals surface area contributed by atoms with E-state index in [2.05, 4.69) is 32.8 Å². The monoisotopic (exact) mass is 464 g/mol. The van der Waals surface area contributed by atoms with E-state index in [0.29, 0.717) is 38.5 Å². The van der Waals surface area contributed by atoms with Crippen LogP contribution in [0, 0.1) is 5.92 Å². The zero-order valence-electron chi connectivity index (χ0n) is 18.7. The predicted molar refractivity (Wildman–Crippen MR) is 126 cm³/mol. The number of piperidine rings is 1. The van der Waals surface area contributed by atoms with Crippen LogP contribution in [0.2, 0.25) is 0 Å². The molecule has 2 aromatic heterocycles. The van der Waals surface area contributed by atoms with E-state index in [1.807, 2.05) is 30.1 Å². The lowest BCUT2D eigenvalue weighted by Crippen LogP contribution is -2.47. The van der Waals surface area contributed by atoms with E-state index < -0.39 is 0 Å². The molecule has 0 radical (unpaired) electrons. The number of hydrogen-bond acceptors (Lipinski definition) is 6. The summed E-state index contributed by atoms with van der Waals surface area (Å²) < 4.78 is 8.10. The minimum atomic E-state index is -0.199. The van der Waals surface area contributed by atoms with Crippen molar-refractivity contribution in [2.24, 2.45) is 13.0 Å². The van der Waals surface area contributed by atoms with Crippen molar-refractivity contribution in [3.63, 3.8) is 0 Å². The Morgan fingerprint density at radius 1 is 1.21 bits per heavy atom. The molecule has 1 fully saturated rings. The fourth-order valence-corrected chi connectivity index (χ4v) is 5.43. The van der Waals surface area contributed by atoms with Crippen LogP contribution in [-0.4, -0.2) is 57.2 Å². The number of likely N-dealkylation sites (tertiary alicyclic amines) is 1. The van der Waals surface area contributed by atoms with E-state index in [1.54, 1.807) is 28.3 Å². The number of ether oxygens (including phenoxy) is 1. The van der Waals surface area contributed by atoms with Gasteiger partial charge in [0.15, 0.2) is 5.82 Å². The molecule has 8 heteroatoms. The Kier molecular flexibility index (Phi) is 6.28. The molecule has 2 unspecified atom stereocenters. The largest absolute Gasteiger partial charge is 0.484 e. The van der Waals surface area contributed by atoms with Crippen molar-refractivity contribution < 1.29 is 14.3 Å². The molecule has 2 aliphatic heterocycles. The number of para-hydroxylation sites is 1. The van der Waals surface area contributed by atoms with Gasteiger partial charge in [-0.15, -0.1) is 0 Å². The van der Waals surface area contributed by atoms with Crippen LogP contribution in [0.15, 0.2) is 53.5 Å². The van der Waals surface area contributed by atoms with Crippen molar-refractivity contribution in [1.29, 1.82) is 0 Å². The second-order valence-corrected chi connectivity index (χ2v) is 9.63. The van der Waals surface area contributed by atoms with Gasteiger partial charge in [-0.1, -0.05) is 18.2 Å². The highest BCUT2D eigenvalue weighted by Gasteiger charge is 2.32. The molecule has 33 heavy (non-hydrogen) atoms. The van der Waals surface area contributed by atoms with Gasteiger partial charge in [-0.25, -0.2) is 4.98 Å². The summed E-state index contributed by atoms with van der Waals surface area (Å²) in [4.78, 5) is 34.5. The van der Waals surface area contributed by atoms with E-state index in [4.69, 9.17) is 4.74 Å². The summed E-state index contributed by atoms with van der Waals surface area (Å²) in [7, 11) is 1.83. The van der Waals surface area contributed by atoms with Crippen molar-refractivity contribution in [1.82, 2.24) is 19.4 Å². The number of rotatable bonds is 5. The number of ketones is 1. The Balaban J connectivity index is 1.29. The summed E-state index contributed by atoms with van der Waals surface area (Å²) in [5.74, 6) is 1.23. The van der Waals surface area contributed by atoms with Crippen LogP contribution in [0.5, 0.6) is 5.75 Å². The zero-order chi connectivity index (χ0) is 22.8. The fraction of sp³-hybridized carbons (Fsp3) is 0.400. The number of benzene rings is 1. The third-order valence-electron chi connectivity index (χ3n) is 6.52. The highest BCUT2D eigenvalue weighted by Crippen LogP contribution is 2.32. The number of thiophene rings is 1. The smallest absolute Gasteiger partial charge is 0.236 e. The average Bonchev–Trinajstić information content (AvgIpc) is 3.48. The zero-order valence-corrected chi connectivity index (χ0v) is 19.5. The molecule has 4 heterocycles. The number of nitrogens with zero attached hydrogens (tertiary/aromatic N) is 4. The van der Waals surface area contributed by atoms with Crippen LogP contribution in [0.4, 0.5) is 0 Å². The van der Waals surface area contributed by atoms with E-state index in [-0.39, 0.29) is 23.7 Å². The first-order valence-electron chi connectivity index (χ1n) is 11.4. The molecule has 2 atom stereocenters. The van der Waals surface area contributed by atoms with Gasteiger partial charge in [0, 0.05) is 62.7 Å². The number of hydrogen-bond donors (Lipinski definition) is 0.